The maximum atomic E-state index is 11.5. The minimum atomic E-state index is -0.435. The van der Waals surface area contributed by atoms with Gasteiger partial charge in [0.25, 0.3) is 0 Å². The molecular formula is C14H28N2O2S. The number of rotatable bonds is 6. The Labute approximate surface area is 121 Å². The van der Waals surface area contributed by atoms with Crippen LogP contribution in [0.25, 0.3) is 0 Å². The molecule has 1 unspecified atom stereocenters. The molecule has 0 bridgehead atoms. The van der Waals surface area contributed by atoms with Gasteiger partial charge in [0.1, 0.15) is 5.60 Å². The first-order valence-corrected chi connectivity index (χ1v) is 8.24. The fraction of sp³-hybridized carbons (Fsp3) is 0.929. The predicted octanol–water partition coefficient (Wildman–Crippen LogP) is 2.77. The zero-order chi connectivity index (χ0) is 14.5. The number of carbonyl (C=O) groups is 1. The molecule has 0 aliphatic heterocycles. The van der Waals surface area contributed by atoms with Crippen molar-refractivity contribution in [1.82, 2.24) is 10.6 Å². The first-order chi connectivity index (χ1) is 8.76. The van der Waals surface area contributed by atoms with E-state index in [0.29, 0.717) is 11.3 Å². The van der Waals surface area contributed by atoms with Crippen molar-refractivity contribution >= 4 is 17.9 Å². The molecule has 112 valence electrons. The molecule has 1 rings (SSSR count). The second kappa shape index (κ2) is 6.84. The number of alkyl carbamates (subject to hydrolysis) is 1. The summed E-state index contributed by atoms with van der Waals surface area (Å²) < 4.78 is 5.64. The van der Waals surface area contributed by atoms with Crippen molar-refractivity contribution in [3.05, 3.63) is 0 Å². The van der Waals surface area contributed by atoms with Crippen LogP contribution in [0.4, 0.5) is 4.79 Å². The highest BCUT2D eigenvalue weighted by Crippen LogP contribution is 2.42. The van der Waals surface area contributed by atoms with E-state index in [1.807, 2.05) is 32.5 Å². The Kier molecular flexibility index (Phi) is 5.99. The average molecular weight is 288 g/mol. The third kappa shape index (κ3) is 6.04. The van der Waals surface area contributed by atoms with Gasteiger partial charge < -0.3 is 15.4 Å². The number of ether oxygens (including phenoxy) is 1. The number of amides is 1. The third-order valence-electron chi connectivity index (χ3n) is 3.42. The maximum absolute atomic E-state index is 11.5. The van der Waals surface area contributed by atoms with Crippen molar-refractivity contribution in [2.24, 2.45) is 0 Å². The molecule has 1 aliphatic carbocycles. The molecule has 0 aromatic heterocycles. The largest absolute Gasteiger partial charge is 0.444 e. The molecule has 1 fully saturated rings. The van der Waals surface area contributed by atoms with Crippen molar-refractivity contribution in [3.8, 4) is 0 Å². The SMILES string of the molecule is CSC1(CNC(C)CNC(=O)OC(C)(C)C)CCC1. The van der Waals surface area contributed by atoms with Crippen molar-refractivity contribution in [1.29, 1.82) is 0 Å². The van der Waals surface area contributed by atoms with E-state index in [2.05, 4.69) is 23.8 Å². The Morgan fingerprint density at radius 2 is 2.05 bits per heavy atom. The van der Waals surface area contributed by atoms with Crippen molar-refractivity contribution < 1.29 is 9.53 Å². The van der Waals surface area contributed by atoms with E-state index >= 15 is 0 Å². The van der Waals surface area contributed by atoms with Crippen LogP contribution >= 0.6 is 11.8 Å². The molecule has 0 radical (unpaired) electrons. The van der Waals surface area contributed by atoms with E-state index in [9.17, 15) is 4.79 Å². The van der Waals surface area contributed by atoms with Crippen molar-refractivity contribution in [3.63, 3.8) is 0 Å². The summed E-state index contributed by atoms with van der Waals surface area (Å²) in [6.07, 6.45) is 5.78. The summed E-state index contributed by atoms with van der Waals surface area (Å²) in [6, 6.07) is 0.261. The Bertz CT molecular complexity index is 293. The fourth-order valence-corrected chi connectivity index (χ4v) is 2.93. The first kappa shape index (κ1) is 16.6. The highest BCUT2D eigenvalue weighted by molar-refractivity contribution is 8.00. The lowest BCUT2D eigenvalue weighted by Crippen LogP contribution is -2.49. The van der Waals surface area contributed by atoms with Crippen LogP contribution in [0.15, 0.2) is 0 Å². The van der Waals surface area contributed by atoms with Crippen molar-refractivity contribution in [2.45, 2.75) is 63.3 Å². The third-order valence-corrected chi connectivity index (χ3v) is 4.84. The highest BCUT2D eigenvalue weighted by Gasteiger charge is 2.35. The smallest absolute Gasteiger partial charge is 0.407 e. The molecule has 0 saturated heterocycles. The van der Waals surface area contributed by atoms with Gasteiger partial charge in [0.05, 0.1) is 0 Å². The summed E-state index contributed by atoms with van der Waals surface area (Å²) >= 11 is 1.96. The molecule has 4 nitrogen and oxygen atoms in total. The minimum absolute atomic E-state index is 0.261. The molecule has 2 N–H and O–H groups in total. The van der Waals surface area contributed by atoms with Gasteiger partial charge in [-0.05, 0) is 46.8 Å². The molecule has 0 heterocycles. The Balaban J connectivity index is 2.17. The monoisotopic (exact) mass is 288 g/mol. The highest BCUT2D eigenvalue weighted by atomic mass is 32.2. The van der Waals surface area contributed by atoms with Crippen LogP contribution in [0.3, 0.4) is 0 Å². The Morgan fingerprint density at radius 3 is 2.47 bits per heavy atom. The minimum Gasteiger partial charge on any atom is -0.444 e. The number of hydrogen-bond donors (Lipinski definition) is 2. The van der Waals surface area contributed by atoms with E-state index in [1.165, 1.54) is 19.3 Å². The zero-order valence-electron chi connectivity index (χ0n) is 12.8. The summed E-state index contributed by atoms with van der Waals surface area (Å²) in [5, 5.41) is 6.30. The quantitative estimate of drug-likeness (QED) is 0.789. The molecular weight excluding hydrogens is 260 g/mol. The summed E-state index contributed by atoms with van der Waals surface area (Å²) in [5.41, 5.74) is -0.435. The van der Waals surface area contributed by atoms with Gasteiger partial charge in [-0.15, -0.1) is 0 Å². The van der Waals surface area contributed by atoms with Gasteiger partial charge in [-0.25, -0.2) is 4.79 Å². The summed E-state index contributed by atoms with van der Waals surface area (Å²) in [6.45, 7) is 9.31. The predicted molar refractivity (Wildman–Crippen MR) is 81.8 cm³/mol. The molecule has 19 heavy (non-hydrogen) atoms. The van der Waals surface area contributed by atoms with E-state index in [1.54, 1.807) is 0 Å². The number of thioether (sulfide) groups is 1. The average Bonchev–Trinajstić information content (AvgIpc) is 2.23. The second-order valence-electron chi connectivity index (χ2n) is 6.41. The maximum Gasteiger partial charge on any atom is 0.407 e. The second-order valence-corrected chi connectivity index (χ2v) is 7.68. The number of carbonyl (C=O) groups excluding carboxylic acids is 1. The lowest BCUT2D eigenvalue weighted by Gasteiger charge is -2.41. The Hall–Kier alpha value is -0.420. The molecule has 1 amide bonds. The van der Waals surface area contributed by atoms with Crippen LogP contribution in [-0.4, -0.2) is 41.8 Å². The lowest BCUT2D eigenvalue weighted by molar-refractivity contribution is 0.0523. The first-order valence-electron chi connectivity index (χ1n) is 7.02. The van der Waals surface area contributed by atoms with Crippen molar-refractivity contribution in [2.75, 3.05) is 19.3 Å². The van der Waals surface area contributed by atoms with Crippen LogP contribution in [0.5, 0.6) is 0 Å². The number of hydrogen-bond acceptors (Lipinski definition) is 4. The summed E-state index contributed by atoms with van der Waals surface area (Å²) in [4.78, 5) is 11.5. The normalized spacial score (nSPS) is 19.4. The molecule has 1 saturated carbocycles. The molecule has 1 atom stereocenters. The van der Waals surface area contributed by atoms with Crippen LogP contribution in [-0.2, 0) is 4.74 Å². The molecule has 5 heteroatoms. The van der Waals surface area contributed by atoms with Crippen LogP contribution in [0.2, 0.25) is 0 Å². The van der Waals surface area contributed by atoms with Crippen LogP contribution < -0.4 is 10.6 Å². The van der Waals surface area contributed by atoms with E-state index in [4.69, 9.17) is 4.74 Å². The fourth-order valence-electron chi connectivity index (χ4n) is 2.01. The van der Waals surface area contributed by atoms with E-state index < -0.39 is 5.60 Å². The Morgan fingerprint density at radius 1 is 1.42 bits per heavy atom. The topological polar surface area (TPSA) is 50.4 Å². The van der Waals surface area contributed by atoms with Gasteiger partial charge in [-0.3, -0.25) is 0 Å². The molecule has 1 aliphatic rings. The van der Waals surface area contributed by atoms with Crippen LogP contribution in [0.1, 0.15) is 47.0 Å². The zero-order valence-corrected chi connectivity index (χ0v) is 13.7. The molecule has 0 aromatic carbocycles. The standard InChI is InChI=1S/C14H28N2O2S/c1-11(9-15-12(17)18-13(2,3)4)16-10-14(19-5)7-6-8-14/h11,16H,6-10H2,1-5H3,(H,15,17). The molecule has 0 spiro atoms. The van der Waals surface area contributed by atoms with Gasteiger partial charge >= 0.3 is 6.09 Å². The van der Waals surface area contributed by atoms with Gasteiger partial charge in [-0.2, -0.15) is 11.8 Å². The van der Waals surface area contributed by atoms with E-state index in [0.717, 1.165) is 6.54 Å². The van der Waals surface area contributed by atoms with Gasteiger partial charge in [0, 0.05) is 23.9 Å². The number of nitrogens with one attached hydrogen (secondary N) is 2. The van der Waals surface area contributed by atoms with Gasteiger partial charge in [0.2, 0.25) is 0 Å². The van der Waals surface area contributed by atoms with Gasteiger partial charge in [0.15, 0.2) is 0 Å². The summed E-state index contributed by atoms with van der Waals surface area (Å²) in [7, 11) is 0. The summed E-state index contributed by atoms with van der Waals surface area (Å²) in [5.74, 6) is 0. The lowest BCUT2D eigenvalue weighted by atomic mass is 9.84. The van der Waals surface area contributed by atoms with Crippen LogP contribution in [0, 0.1) is 0 Å². The van der Waals surface area contributed by atoms with E-state index in [-0.39, 0.29) is 12.1 Å². The molecule has 0 aromatic rings. The van der Waals surface area contributed by atoms with Gasteiger partial charge in [-0.1, -0.05) is 6.42 Å².